The molecule has 2 saturated heterocycles. The van der Waals surface area contributed by atoms with Crippen LogP contribution < -0.4 is 21.1 Å². The Hall–Kier alpha value is -5.23. The van der Waals surface area contributed by atoms with Gasteiger partial charge < -0.3 is 24.5 Å². The quantitative estimate of drug-likeness (QED) is 0.164. The minimum Gasteiger partial charge on any atom is -0.477 e. The fraction of sp³-hybridized carbons (Fsp3) is 0.500. The molecule has 0 saturated carbocycles. The van der Waals surface area contributed by atoms with Gasteiger partial charge in [-0.1, -0.05) is 20.8 Å². The molecule has 4 aromatic rings. The van der Waals surface area contributed by atoms with Crippen LogP contribution in [0.1, 0.15) is 80.8 Å². The number of thiazole rings is 1. The van der Waals surface area contributed by atoms with E-state index in [4.69, 9.17) is 9.72 Å². The van der Waals surface area contributed by atoms with E-state index >= 15 is 0 Å². The van der Waals surface area contributed by atoms with Crippen LogP contribution in [0.15, 0.2) is 28.5 Å². The summed E-state index contributed by atoms with van der Waals surface area (Å²) in [7, 11) is 0. The monoisotopic (exact) mass is 734 g/mol. The Labute approximate surface area is 303 Å². The van der Waals surface area contributed by atoms with Gasteiger partial charge in [-0.15, -0.1) is 21.5 Å². The van der Waals surface area contributed by atoms with Crippen LogP contribution in [0.3, 0.4) is 0 Å². The van der Waals surface area contributed by atoms with E-state index in [1.807, 2.05) is 38.0 Å². The summed E-state index contributed by atoms with van der Waals surface area (Å²) in [6.45, 7) is 10.7. The molecule has 0 bridgehead atoms. The average molecular weight is 735 g/mol. The van der Waals surface area contributed by atoms with Crippen LogP contribution in [-0.2, 0) is 14.9 Å². The Bertz CT molecular complexity index is 2020. The summed E-state index contributed by atoms with van der Waals surface area (Å²) in [4.78, 5) is 63.2. The highest BCUT2D eigenvalue weighted by atomic mass is 32.1. The smallest absolute Gasteiger partial charge is 0.407 e. The van der Waals surface area contributed by atoms with Gasteiger partial charge in [0.05, 0.1) is 37.4 Å². The van der Waals surface area contributed by atoms with Crippen molar-refractivity contribution in [3.05, 3.63) is 56.7 Å². The van der Waals surface area contributed by atoms with Gasteiger partial charge in [-0.2, -0.15) is 5.21 Å². The molecule has 2 aliphatic heterocycles. The Morgan fingerprint density at radius 2 is 2.02 bits per heavy atom. The van der Waals surface area contributed by atoms with Crippen LogP contribution in [-0.4, -0.2) is 114 Å². The number of carboxylic acid groups (broad SMARTS) is 1. The van der Waals surface area contributed by atoms with Gasteiger partial charge in [0, 0.05) is 41.9 Å². The summed E-state index contributed by atoms with van der Waals surface area (Å²) < 4.78 is 7.66. The normalized spacial score (nSPS) is 20.7. The highest BCUT2D eigenvalue weighted by molar-refractivity contribution is 7.14. The van der Waals surface area contributed by atoms with Crippen LogP contribution in [0.4, 0.5) is 15.7 Å². The molecule has 4 N–H and O–H groups in total. The number of likely N-dealkylation sites (N-methyl/N-ethyl adjacent to an activating group) is 1. The Morgan fingerprint density at radius 1 is 1.19 bits per heavy atom. The number of alkyl carbamates (subject to hydrolysis) is 1. The van der Waals surface area contributed by atoms with Gasteiger partial charge in [-0.3, -0.25) is 19.3 Å². The first-order valence-electron chi connectivity index (χ1n) is 17.4. The zero-order valence-corrected chi connectivity index (χ0v) is 30.5. The molecule has 6 heterocycles. The lowest BCUT2D eigenvalue weighted by atomic mass is 9.93. The second kappa shape index (κ2) is 15.2. The van der Waals surface area contributed by atoms with E-state index in [1.165, 1.54) is 21.9 Å². The first-order valence-corrected chi connectivity index (χ1v) is 18.3. The number of hydrogen-bond acceptors (Lipinski definition) is 12. The summed E-state index contributed by atoms with van der Waals surface area (Å²) in [6.07, 6.45) is 6.57. The molecule has 276 valence electrons. The number of aliphatic carboxylic acids is 1. The van der Waals surface area contributed by atoms with Crippen molar-refractivity contribution in [2.45, 2.75) is 70.9 Å². The maximum absolute atomic E-state index is 14.0. The lowest BCUT2D eigenvalue weighted by molar-refractivity contribution is -0.929. The SMILES string of the molecule is CC[N+]1(CC(=O)O)CCCC1CNC(=O)O[C@@H]1CCCN(c2nc3cc(C(=O)Nc4nc(C(C)(C)C)cs4)ccn3c(=O)c2C=Cc2nn[nH]n2)C1. The number of H-pyrrole nitrogens is 1. The summed E-state index contributed by atoms with van der Waals surface area (Å²) in [5, 5.41) is 31.5. The number of nitrogens with one attached hydrogen (secondary N) is 3. The number of carbonyl (C=O) groups excluding carboxylic acids is 2. The van der Waals surface area contributed by atoms with Crippen LogP contribution in [0.25, 0.3) is 17.8 Å². The fourth-order valence-electron chi connectivity index (χ4n) is 6.93. The first kappa shape index (κ1) is 36.6. The number of tetrazole rings is 1. The molecule has 2 unspecified atom stereocenters. The number of anilines is 2. The molecule has 4 aromatic heterocycles. The molecule has 0 spiro atoms. The molecular formula is C34H44N11O6S+. The number of aromatic amines is 1. The zero-order chi connectivity index (χ0) is 37.0. The largest absolute Gasteiger partial charge is 0.477 e. The zero-order valence-electron chi connectivity index (χ0n) is 29.7. The second-order valence-corrected chi connectivity index (χ2v) is 15.1. The van der Waals surface area contributed by atoms with E-state index in [1.54, 1.807) is 24.3 Å². The number of amides is 2. The summed E-state index contributed by atoms with van der Waals surface area (Å²) in [6, 6.07) is 3.10. The van der Waals surface area contributed by atoms with Crippen molar-refractivity contribution >= 4 is 58.1 Å². The lowest BCUT2D eigenvalue weighted by Gasteiger charge is -2.38. The predicted octanol–water partition coefficient (Wildman–Crippen LogP) is 3.16. The third-order valence-electron chi connectivity index (χ3n) is 9.79. The number of carboxylic acids is 1. The molecule has 0 radical (unpaired) electrons. The van der Waals surface area contributed by atoms with Crippen LogP contribution in [0.2, 0.25) is 0 Å². The number of likely N-dealkylation sites (tertiary alicyclic amines) is 1. The number of fused-ring (bicyclic) bond motifs is 1. The Morgan fingerprint density at radius 3 is 2.73 bits per heavy atom. The van der Waals surface area contributed by atoms with E-state index < -0.39 is 18.2 Å². The van der Waals surface area contributed by atoms with Crippen molar-refractivity contribution in [1.82, 2.24) is 40.3 Å². The summed E-state index contributed by atoms with van der Waals surface area (Å²) in [5.41, 5.74) is 1.15. The van der Waals surface area contributed by atoms with Crippen LogP contribution in [0.5, 0.6) is 0 Å². The van der Waals surface area contributed by atoms with Crippen LogP contribution in [0, 0.1) is 0 Å². The molecule has 3 atom stereocenters. The number of rotatable bonds is 11. The number of hydrogen-bond donors (Lipinski definition) is 4. The van der Waals surface area contributed by atoms with E-state index in [9.17, 15) is 24.3 Å². The van der Waals surface area contributed by atoms with E-state index in [0.29, 0.717) is 53.5 Å². The second-order valence-electron chi connectivity index (χ2n) is 14.2. The molecule has 2 amide bonds. The molecule has 0 aliphatic carbocycles. The number of pyridine rings is 1. The number of quaternary nitrogens is 1. The van der Waals surface area contributed by atoms with E-state index in [0.717, 1.165) is 25.1 Å². The Kier molecular flexibility index (Phi) is 10.7. The van der Waals surface area contributed by atoms with Crippen molar-refractivity contribution in [1.29, 1.82) is 0 Å². The third kappa shape index (κ3) is 8.12. The molecule has 17 nitrogen and oxygen atoms in total. The van der Waals surface area contributed by atoms with Gasteiger partial charge in [0.1, 0.15) is 23.6 Å². The predicted molar refractivity (Wildman–Crippen MR) is 194 cm³/mol. The van der Waals surface area contributed by atoms with Gasteiger partial charge in [0.25, 0.3) is 11.5 Å². The molecule has 52 heavy (non-hydrogen) atoms. The van der Waals surface area contributed by atoms with Crippen molar-refractivity contribution in [3.63, 3.8) is 0 Å². The summed E-state index contributed by atoms with van der Waals surface area (Å²) >= 11 is 1.34. The van der Waals surface area contributed by atoms with Crippen molar-refractivity contribution in [3.8, 4) is 0 Å². The highest BCUT2D eigenvalue weighted by Crippen LogP contribution is 2.29. The third-order valence-corrected chi connectivity index (χ3v) is 10.5. The van der Waals surface area contributed by atoms with Gasteiger partial charge in [-0.05, 0) is 49.3 Å². The van der Waals surface area contributed by atoms with Gasteiger partial charge in [0.15, 0.2) is 17.5 Å². The molecular weight excluding hydrogens is 691 g/mol. The van der Waals surface area contributed by atoms with Gasteiger partial charge >= 0.3 is 12.1 Å². The van der Waals surface area contributed by atoms with Gasteiger partial charge in [-0.25, -0.2) is 19.6 Å². The number of aromatic nitrogens is 7. The topological polar surface area (TPSA) is 210 Å². The van der Waals surface area contributed by atoms with Crippen LogP contribution >= 0.6 is 11.3 Å². The number of nitrogens with zero attached hydrogens (tertiary/aromatic N) is 8. The maximum Gasteiger partial charge on any atom is 0.407 e. The number of ether oxygens (including phenoxy) is 1. The van der Waals surface area contributed by atoms with E-state index in [2.05, 4.69) is 36.2 Å². The molecule has 18 heteroatoms. The number of carbonyl (C=O) groups is 3. The fourth-order valence-corrected chi connectivity index (χ4v) is 7.86. The van der Waals surface area contributed by atoms with Crippen molar-refractivity contribution in [2.75, 3.05) is 49.5 Å². The minimum absolute atomic E-state index is 0.00524. The first-order chi connectivity index (χ1) is 24.8. The standard InChI is InChI=1S/C34H43N11O6S/c1-5-45(19-28(46)47)15-7-8-22(45)17-35-33(50)51-23-9-6-13-43(18-23)29-24(10-11-26-39-41-42-40-26)31(49)44-14-12-21(16-27(44)37-29)30(48)38-32-36-25(20-52-32)34(2,3)4/h10-12,14,16,20,22-23H,5-9,13,15,17-19H2,1-4H3,(H3-,35,36,38,39,40,41,42,46,47,48,50)/p+1/t22?,23-,45?/m1/s1. The Balaban J connectivity index is 1.22. The minimum atomic E-state index is -0.850. The van der Waals surface area contributed by atoms with Crippen molar-refractivity contribution in [2.24, 2.45) is 0 Å². The molecule has 0 aromatic carbocycles. The maximum atomic E-state index is 14.0. The van der Waals surface area contributed by atoms with E-state index in [-0.39, 0.29) is 53.0 Å². The van der Waals surface area contributed by atoms with Crippen molar-refractivity contribution < 1.29 is 28.7 Å². The number of piperidine rings is 1. The molecule has 6 rings (SSSR count). The molecule has 2 aliphatic rings. The summed E-state index contributed by atoms with van der Waals surface area (Å²) in [5.74, 6) is -0.610. The van der Waals surface area contributed by atoms with Gasteiger partial charge in [0.2, 0.25) is 0 Å². The molecule has 2 fully saturated rings. The highest BCUT2D eigenvalue weighted by Gasteiger charge is 2.42. The average Bonchev–Trinajstić information content (AvgIpc) is 3.89. The lowest BCUT2D eigenvalue weighted by Crippen LogP contribution is -2.57.